The van der Waals surface area contributed by atoms with Crippen molar-refractivity contribution in [1.82, 2.24) is 19.7 Å². The smallest absolute Gasteiger partial charge is 0.348 e. The van der Waals surface area contributed by atoms with Crippen LogP contribution in [0, 0.1) is 5.82 Å². The molecule has 0 spiro atoms. The zero-order valence-corrected chi connectivity index (χ0v) is 16.2. The van der Waals surface area contributed by atoms with Crippen molar-refractivity contribution in [3.63, 3.8) is 0 Å². The molecule has 0 bridgehead atoms. The summed E-state index contributed by atoms with van der Waals surface area (Å²) in [6.07, 6.45) is 2.96. The first-order valence-corrected chi connectivity index (χ1v) is 9.12. The van der Waals surface area contributed by atoms with E-state index >= 15 is 0 Å². The van der Waals surface area contributed by atoms with Crippen LogP contribution in [0.25, 0.3) is 17.1 Å². The molecule has 9 nitrogen and oxygen atoms in total. The van der Waals surface area contributed by atoms with E-state index in [9.17, 15) is 24.2 Å². The fourth-order valence-electron chi connectivity index (χ4n) is 3.20. The Hall–Kier alpha value is -4.34. The van der Waals surface area contributed by atoms with Crippen molar-refractivity contribution in [2.24, 2.45) is 0 Å². The summed E-state index contributed by atoms with van der Waals surface area (Å²) in [6.45, 7) is 0.216. The van der Waals surface area contributed by atoms with Crippen LogP contribution in [0.2, 0.25) is 0 Å². The number of nitrogens with zero attached hydrogens (tertiary/aromatic N) is 3. The average Bonchev–Trinajstić information content (AvgIpc) is 3.38. The summed E-state index contributed by atoms with van der Waals surface area (Å²) in [7, 11) is 1.53. The third-order valence-electron chi connectivity index (χ3n) is 4.70. The van der Waals surface area contributed by atoms with Crippen molar-refractivity contribution in [3.05, 3.63) is 82.4 Å². The molecule has 31 heavy (non-hydrogen) atoms. The molecule has 0 radical (unpaired) electrons. The van der Waals surface area contributed by atoms with Crippen molar-refractivity contribution in [2.75, 3.05) is 7.05 Å². The quantitative estimate of drug-likeness (QED) is 0.452. The number of halogens is 1. The molecule has 158 valence electrons. The maximum atomic E-state index is 14.3. The molecule has 3 N–H and O–H groups in total. The van der Waals surface area contributed by atoms with Crippen LogP contribution in [0.3, 0.4) is 0 Å². The molecule has 0 saturated carbocycles. The molecule has 0 aliphatic rings. The van der Waals surface area contributed by atoms with E-state index in [0.717, 1.165) is 16.2 Å². The second-order valence-corrected chi connectivity index (χ2v) is 6.82. The van der Waals surface area contributed by atoms with Gasteiger partial charge in [-0.1, -0.05) is 12.1 Å². The van der Waals surface area contributed by atoms with Crippen molar-refractivity contribution in [3.8, 4) is 28.6 Å². The molecule has 2 aromatic carbocycles. The Morgan fingerprint density at radius 1 is 1.23 bits per heavy atom. The van der Waals surface area contributed by atoms with Gasteiger partial charge in [0.2, 0.25) is 0 Å². The maximum absolute atomic E-state index is 14.3. The molecule has 0 atom stereocenters. The number of nitrogens with one attached hydrogen (secondary N) is 1. The number of phenolic OH excluding ortho intramolecular Hbond substituents is 2. The van der Waals surface area contributed by atoms with E-state index in [2.05, 4.69) is 10.2 Å². The van der Waals surface area contributed by atoms with Gasteiger partial charge in [-0.05, 0) is 24.3 Å². The number of H-pyrrole nitrogens is 1. The van der Waals surface area contributed by atoms with Gasteiger partial charge in [0, 0.05) is 25.2 Å². The summed E-state index contributed by atoms with van der Waals surface area (Å²) in [5, 5.41) is 26.7. The maximum Gasteiger partial charge on any atom is 0.348 e. The van der Waals surface area contributed by atoms with Crippen LogP contribution in [-0.4, -0.2) is 42.8 Å². The van der Waals surface area contributed by atoms with Crippen LogP contribution < -0.4 is 5.69 Å². The molecule has 2 aromatic heterocycles. The molecule has 1 amide bonds. The lowest BCUT2D eigenvalue weighted by molar-refractivity contribution is 0.0782. The highest BCUT2D eigenvalue weighted by Crippen LogP contribution is 2.35. The predicted octanol–water partition coefficient (Wildman–Crippen LogP) is 2.64. The summed E-state index contributed by atoms with van der Waals surface area (Å²) in [5.41, 5.74) is -0.255. The Morgan fingerprint density at radius 3 is 2.71 bits per heavy atom. The fourth-order valence-corrected chi connectivity index (χ4v) is 3.20. The Morgan fingerprint density at radius 2 is 2.00 bits per heavy atom. The number of aromatic nitrogens is 3. The van der Waals surface area contributed by atoms with E-state index in [1.807, 2.05) is 0 Å². The number of carbonyl (C=O) groups is 1. The number of hydrogen-bond acceptors (Lipinski definition) is 6. The standard InChI is InChI=1S/C21H17FN4O5/c1-25(10-12-6-7-31-11-12)20(29)14-8-13(17(27)9-18(14)28)19-23-24-21(30)26(19)16-5-3-2-4-15(16)22/h2-9,11,27-28H,10H2,1H3,(H,24,30). The number of amides is 1. The van der Waals surface area contributed by atoms with Gasteiger partial charge < -0.3 is 19.5 Å². The van der Waals surface area contributed by atoms with Crippen molar-refractivity contribution >= 4 is 5.91 Å². The molecular weight excluding hydrogens is 407 g/mol. The molecular formula is C21H17FN4O5. The van der Waals surface area contributed by atoms with Crippen LogP contribution in [0.15, 0.2) is 64.2 Å². The third-order valence-corrected chi connectivity index (χ3v) is 4.70. The number of hydrogen-bond donors (Lipinski definition) is 3. The van der Waals surface area contributed by atoms with E-state index in [1.54, 1.807) is 6.07 Å². The first-order chi connectivity index (χ1) is 14.9. The zero-order valence-electron chi connectivity index (χ0n) is 16.2. The van der Waals surface area contributed by atoms with Gasteiger partial charge in [0.1, 0.15) is 17.3 Å². The highest BCUT2D eigenvalue weighted by molar-refractivity contribution is 5.98. The normalized spacial score (nSPS) is 10.9. The minimum absolute atomic E-state index is 0.0422. The lowest BCUT2D eigenvalue weighted by Gasteiger charge is -2.18. The van der Waals surface area contributed by atoms with Crippen LogP contribution in [0.5, 0.6) is 11.5 Å². The number of phenols is 2. The Labute approximate surface area is 174 Å². The monoisotopic (exact) mass is 424 g/mol. The number of aromatic amines is 1. The summed E-state index contributed by atoms with van der Waals surface area (Å²) in [6, 6.07) is 9.42. The highest BCUT2D eigenvalue weighted by atomic mass is 19.1. The van der Waals surface area contributed by atoms with Crippen LogP contribution in [0.4, 0.5) is 4.39 Å². The molecule has 0 unspecified atom stereocenters. The number of rotatable bonds is 5. The number of benzene rings is 2. The van der Waals surface area contributed by atoms with Gasteiger partial charge in [-0.2, -0.15) is 5.10 Å². The number of aromatic hydroxyl groups is 2. The van der Waals surface area contributed by atoms with Gasteiger partial charge >= 0.3 is 5.69 Å². The summed E-state index contributed by atoms with van der Waals surface area (Å²) in [4.78, 5) is 26.6. The molecule has 2 heterocycles. The third kappa shape index (κ3) is 3.66. The minimum atomic E-state index is -0.738. The van der Waals surface area contributed by atoms with Crippen LogP contribution in [0.1, 0.15) is 15.9 Å². The Kier molecular flexibility index (Phi) is 5.04. The van der Waals surface area contributed by atoms with Gasteiger partial charge in [0.05, 0.1) is 29.3 Å². The second-order valence-electron chi connectivity index (χ2n) is 6.82. The van der Waals surface area contributed by atoms with Gasteiger partial charge in [0.25, 0.3) is 5.91 Å². The number of carbonyl (C=O) groups excluding carboxylic acids is 1. The SMILES string of the molecule is CN(Cc1ccoc1)C(=O)c1cc(-c2n[nH]c(=O)n2-c2ccccc2F)c(O)cc1O. The topological polar surface area (TPSA) is 125 Å². The number of furan rings is 1. The molecule has 4 rings (SSSR count). The largest absolute Gasteiger partial charge is 0.507 e. The lowest BCUT2D eigenvalue weighted by Crippen LogP contribution is -2.26. The first kappa shape index (κ1) is 20.0. The second kappa shape index (κ2) is 7.82. The molecule has 4 aromatic rings. The van der Waals surface area contributed by atoms with Gasteiger partial charge in [-0.15, -0.1) is 0 Å². The first-order valence-electron chi connectivity index (χ1n) is 9.12. The average molecular weight is 424 g/mol. The summed E-state index contributed by atoms with van der Waals surface area (Å²) < 4.78 is 20.2. The van der Waals surface area contributed by atoms with Gasteiger partial charge in [-0.3, -0.25) is 4.79 Å². The summed E-state index contributed by atoms with van der Waals surface area (Å²) >= 11 is 0. The van der Waals surface area contributed by atoms with Crippen molar-refractivity contribution < 1.29 is 23.8 Å². The van der Waals surface area contributed by atoms with E-state index < -0.39 is 28.9 Å². The van der Waals surface area contributed by atoms with Crippen LogP contribution >= 0.6 is 0 Å². The van der Waals surface area contributed by atoms with E-state index in [0.29, 0.717) is 0 Å². The van der Waals surface area contributed by atoms with Crippen molar-refractivity contribution in [2.45, 2.75) is 6.54 Å². The molecule has 0 saturated heterocycles. The van der Waals surface area contributed by atoms with E-state index in [-0.39, 0.29) is 29.2 Å². The Bertz CT molecular complexity index is 1310. The molecule has 0 aliphatic heterocycles. The number of para-hydroxylation sites is 1. The molecule has 0 fully saturated rings. The van der Waals surface area contributed by atoms with E-state index in [1.165, 1.54) is 54.8 Å². The van der Waals surface area contributed by atoms with Gasteiger partial charge in [-0.25, -0.2) is 18.9 Å². The highest BCUT2D eigenvalue weighted by Gasteiger charge is 2.23. The predicted molar refractivity (Wildman–Crippen MR) is 107 cm³/mol. The molecule has 10 heteroatoms. The fraction of sp³-hybridized carbons (Fsp3) is 0.0952. The van der Waals surface area contributed by atoms with Crippen molar-refractivity contribution in [1.29, 1.82) is 0 Å². The lowest BCUT2D eigenvalue weighted by atomic mass is 10.1. The minimum Gasteiger partial charge on any atom is -0.507 e. The zero-order chi connectivity index (χ0) is 22.1. The summed E-state index contributed by atoms with van der Waals surface area (Å²) in [5.74, 6) is -2.25. The van der Waals surface area contributed by atoms with E-state index in [4.69, 9.17) is 4.42 Å². The Balaban J connectivity index is 1.79. The van der Waals surface area contributed by atoms with Gasteiger partial charge in [0.15, 0.2) is 5.82 Å². The molecule has 0 aliphatic carbocycles. The van der Waals surface area contributed by atoms with Crippen LogP contribution in [-0.2, 0) is 6.54 Å².